The lowest BCUT2D eigenvalue weighted by Crippen LogP contribution is -2.21. The smallest absolute Gasteiger partial charge is 0.237 e. The number of imidazole rings is 2. The molecule has 1 aliphatic rings. The highest BCUT2D eigenvalue weighted by Gasteiger charge is 2.24. The van der Waals surface area contributed by atoms with Gasteiger partial charge in [-0.25, -0.2) is 19.3 Å². The second-order valence-corrected chi connectivity index (χ2v) is 8.06. The normalized spacial score (nSPS) is 14.5. The average molecular weight is 454 g/mol. The molecule has 1 N–H and O–H groups in total. The van der Waals surface area contributed by atoms with Crippen molar-refractivity contribution in [3.63, 3.8) is 0 Å². The Morgan fingerprint density at radius 2 is 1.91 bits per heavy atom. The third-order valence-electron chi connectivity index (χ3n) is 5.99. The predicted octanol–water partition coefficient (Wildman–Crippen LogP) is 4.27. The van der Waals surface area contributed by atoms with Gasteiger partial charge in [-0.3, -0.25) is 9.13 Å². The third kappa shape index (κ3) is 3.43. The van der Waals surface area contributed by atoms with Crippen molar-refractivity contribution in [2.24, 2.45) is 0 Å². The van der Waals surface area contributed by atoms with Crippen LogP contribution in [0.1, 0.15) is 24.4 Å². The lowest BCUT2D eigenvalue weighted by atomic mass is 10.1. The lowest BCUT2D eigenvalue weighted by Gasteiger charge is -2.25. The van der Waals surface area contributed by atoms with E-state index >= 15 is 0 Å². The standard InChI is InChI=1S/C24H19FN8O/c25-17-3-1-2-4-18(17)29-24-30-20-13-27-23(31-22(20)33(24)16-7-9-34-10-8-16)32-14-28-19-6-5-15(12-26)11-21(19)32/h1-6,11,13-14,16H,7-10H2,(H,29,30). The summed E-state index contributed by atoms with van der Waals surface area (Å²) in [5, 5.41) is 12.4. The molecule has 10 heteroatoms. The minimum absolute atomic E-state index is 0.0838. The van der Waals surface area contributed by atoms with Gasteiger partial charge in [0.25, 0.3) is 0 Å². The SMILES string of the molecule is N#Cc1ccc2ncn(-c3ncc4nc(Nc5ccccc5F)n(C5CCOCC5)c4n3)c2c1. The van der Waals surface area contributed by atoms with E-state index in [1.807, 2.05) is 4.57 Å². The molecule has 6 rings (SSSR count). The number of nitrogens with one attached hydrogen (secondary N) is 1. The monoisotopic (exact) mass is 454 g/mol. The van der Waals surface area contributed by atoms with E-state index in [0.29, 0.717) is 47.5 Å². The van der Waals surface area contributed by atoms with Crippen LogP contribution in [0.2, 0.25) is 0 Å². The van der Waals surface area contributed by atoms with Gasteiger partial charge in [-0.1, -0.05) is 12.1 Å². The van der Waals surface area contributed by atoms with Crippen molar-refractivity contribution >= 4 is 33.8 Å². The van der Waals surface area contributed by atoms with Crippen LogP contribution in [0.25, 0.3) is 28.1 Å². The minimum Gasteiger partial charge on any atom is -0.381 e. The van der Waals surface area contributed by atoms with E-state index in [4.69, 9.17) is 9.72 Å². The van der Waals surface area contributed by atoms with Crippen molar-refractivity contribution in [3.8, 4) is 12.0 Å². The molecule has 0 unspecified atom stereocenters. The molecular weight excluding hydrogens is 435 g/mol. The number of halogens is 1. The fraction of sp³-hybridized carbons (Fsp3) is 0.208. The zero-order valence-electron chi connectivity index (χ0n) is 18.0. The molecule has 1 saturated heterocycles. The van der Waals surface area contributed by atoms with Crippen LogP contribution in [-0.2, 0) is 4.74 Å². The number of anilines is 2. The molecule has 0 atom stereocenters. The first-order valence-electron chi connectivity index (χ1n) is 10.9. The Hall–Kier alpha value is -4.36. The largest absolute Gasteiger partial charge is 0.381 e. The van der Waals surface area contributed by atoms with Crippen molar-refractivity contribution in [2.75, 3.05) is 18.5 Å². The maximum atomic E-state index is 14.4. The first kappa shape index (κ1) is 20.3. The van der Waals surface area contributed by atoms with E-state index in [1.165, 1.54) is 6.07 Å². The van der Waals surface area contributed by atoms with Crippen molar-refractivity contribution in [2.45, 2.75) is 18.9 Å². The van der Waals surface area contributed by atoms with Gasteiger partial charge in [-0.15, -0.1) is 0 Å². The third-order valence-corrected chi connectivity index (χ3v) is 5.99. The van der Waals surface area contributed by atoms with Crippen molar-refractivity contribution in [1.29, 1.82) is 5.26 Å². The molecule has 0 bridgehead atoms. The Labute approximate surface area is 193 Å². The van der Waals surface area contributed by atoms with Crippen LogP contribution in [0.4, 0.5) is 16.0 Å². The number of hydrogen-bond donors (Lipinski definition) is 1. The van der Waals surface area contributed by atoms with E-state index in [1.54, 1.807) is 53.5 Å². The topological polar surface area (TPSA) is 106 Å². The lowest BCUT2D eigenvalue weighted by molar-refractivity contribution is 0.0710. The number of benzene rings is 2. The molecular formula is C24H19FN8O. The van der Waals surface area contributed by atoms with Crippen LogP contribution in [0.5, 0.6) is 0 Å². The Bertz CT molecular complexity index is 1560. The summed E-state index contributed by atoms with van der Waals surface area (Å²) in [6, 6.07) is 14.0. The summed E-state index contributed by atoms with van der Waals surface area (Å²) in [6.07, 6.45) is 4.87. The van der Waals surface area contributed by atoms with E-state index < -0.39 is 0 Å². The molecule has 1 aliphatic heterocycles. The Morgan fingerprint density at radius 3 is 2.74 bits per heavy atom. The highest BCUT2D eigenvalue weighted by molar-refractivity contribution is 5.80. The molecule has 0 aliphatic carbocycles. The number of hydrogen-bond acceptors (Lipinski definition) is 7. The molecule has 0 amide bonds. The zero-order chi connectivity index (χ0) is 23.1. The maximum Gasteiger partial charge on any atom is 0.237 e. The van der Waals surface area contributed by atoms with Crippen LogP contribution in [-0.4, -0.2) is 42.3 Å². The van der Waals surface area contributed by atoms with E-state index in [9.17, 15) is 9.65 Å². The molecule has 2 aromatic carbocycles. The number of aromatic nitrogens is 6. The van der Waals surface area contributed by atoms with Crippen molar-refractivity contribution in [1.82, 2.24) is 29.1 Å². The minimum atomic E-state index is -0.363. The van der Waals surface area contributed by atoms with Crippen LogP contribution in [0, 0.1) is 17.1 Å². The molecule has 5 aromatic rings. The van der Waals surface area contributed by atoms with Crippen molar-refractivity contribution < 1.29 is 9.13 Å². The zero-order valence-corrected chi connectivity index (χ0v) is 18.0. The summed E-state index contributed by atoms with van der Waals surface area (Å²) in [7, 11) is 0. The molecule has 0 spiro atoms. The molecule has 3 aromatic heterocycles. The quantitative estimate of drug-likeness (QED) is 0.432. The molecule has 1 fully saturated rings. The number of para-hydroxylation sites is 1. The predicted molar refractivity (Wildman–Crippen MR) is 123 cm³/mol. The van der Waals surface area contributed by atoms with Gasteiger partial charge in [0.15, 0.2) is 5.65 Å². The fourth-order valence-electron chi connectivity index (χ4n) is 4.30. The molecule has 168 valence electrons. The number of nitriles is 1. The van der Waals surface area contributed by atoms with Gasteiger partial charge in [0.2, 0.25) is 11.9 Å². The van der Waals surface area contributed by atoms with E-state index in [0.717, 1.165) is 23.9 Å². The van der Waals surface area contributed by atoms with E-state index in [-0.39, 0.29) is 11.9 Å². The van der Waals surface area contributed by atoms with E-state index in [2.05, 4.69) is 26.3 Å². The number of fused-ring (bicyclic) bond motifs is 2. The first-order chi connectivity index (χ1) is 16.7. The van der Waals surface area contributed by atoms with Gasteiger partial charge >= 0.3 is 0 Å². The van der Waals surface area contributed by atoms with Crippen LogP contribution >= 0.6 is 0 Å². The molecule has 0 radical (unpaired) electrons. The average Bonchev–Trinajstić information content (AvgIpc) is 3.46. The molecule has 34 heavy (non-hydrogen) atoms. The summed E-state index contributed by atoms with van der Waals surface area (Å²) in [6.45, 7) is 1.26. The van der Waals surface area contributed by atoms with Gasteiger partial charge in [-0.2, -0.15) is 10.2 Å². The van der Waals surface area contributed by atoms with Crippen LogP contribution in [0.15, 0.2) is 55.0 Å². The van der Waals surface area contributed by atoms with Crippen LogP contribution < -0.4 is 5.32 Å². The summed E-state index contributed by atoms with van der Waals surface area (Å²) < 4.78 is 23.7. The summed E-state index contributed by atoms with van der Waals surface area (Å²) >= 11 is 0. The van der Waals surface area contributed by atoms with Gasteiger partial charge in [0.05, 0.1) is 34.6 Å². The Kier molecular flexibility index (Phi) is 4.89. The Morgan fingerprint density at radius 1 is 1.06 bits per heavy atom. The van der Waals surface area contributed by atoms with Gasteiger partial charge in [0.1, 0.15) is 17.7 Å². The van der Waals surface area contributed by atoms with Crippen LogP contribution in [0.3, 0.4) is 0 Å². The summed E-state index contributed by atoms with van der Waals surface area (Å²) in [5.74, 6) is 0.550. The maximum absolute atomic E-state index is 14.4. The van der Waals surface area contributed by atoms with Gasteiger partial charge in [0, 0.05) is 19.3 Å². The number of nitrogens with zero attached hydrogens (tertiary/aromatic N) is 7. The number of ether oxygens (including phenoxy) is 1. The second-order valence-electron chi connectivity index (χ2n) is 8.06. The van der Waals surface area contributed by atoms with Crippen molar-refractivity contribution in [3.05, 3.63) is 66.4 Å². The molecule has 4 heterocycles. The summed E-state index contributed by atoms with van der Waals surface area (Å²) in [5.41, 5.74) is 3.57. The fourth-order valence-corrected chi connectivity index (χ4v) is 4.30. The van der Waals surface area contributed by atoms with Gasteiger partial charge in [-0.05, 0) is 43.2 Å². The second kappa shape index (κ2) is 8.20. The van der Waals surface area contributed by atoms with Gasteiger partial charge < -0.3 is 10.1 Å². The number of rotatable bonds is 4. The summed E-state index contributed by atoms with van der Waals surface area (Å²) in [4.78, 5) is 18.4. The molecule has 9 nitrogen and oxygen atoms in total. The highest BCUT2D eigenvalue weighted by Crippen LogP contribution is 2.32. The first-order valence-corrected chi connectivity index (χ1v) is 10.9. The highest BCUT2D eigenvalue weighted by atomic mass is 19.1. The molecule has 0 saturated carbocycles. The Balaban J connectivity index is 1.51.